The van der Waals surface area contributed by atoms with Gasteiger partial charge in [0.2, 0.25) is 0 Å². The fourth-order valence-corrected chi connectivity index (χ4v) is 2.74. The summed E-state index contributed by atoms with van der Waals surface area (Å²) in [5.74, 6) is 0.971. The van der Waals surface area contributed by atoms with E-state index < -0.39 is 0 Å². The van der Waals surface area contributed by atoms with E-state index in [1.165, 1.54) is 32.1 Å². The highest BCUT2D eigenvalue weighted by Gasteiger charge is 2.39. The molecule has 2 atom stereocenters. The van der Waals surface area contributed by atoms with E-state index in [2.05, 4.69) is 5.32 Å². The molecule has 1 amide bonds. The SMILES string of the molecule is O=C1N[C@H](CCl)[C@H](C2CCCCC2)O1. The van der Waals surface area contributed by atoms with Crippen molar-refractivity contribution in [1.29, 1.82) is 0 Å². The molecule has 1 heterocycles. The molecule has 1 saturated heterocycles. The fraction of sp³-hybridized carbons (Fsp3) is 0.900. The van der Waals surface area contributed by atoms with Crippen molar-refractivity contribution in [2.45, 2.75) is 44.2 Å². The summed E-state index contributed by atoms with van der Waals surface area (Å²) in [5, 5.41) is 2.76. The van der Waals surface area contributed by atoms with E-state index in [0.29, 0.717) is 11.8 Å². The lowest BCUT2D eigenvalue weighted by molar-refractivity contribution is 0.0770. The molecular formula is C10H16ClNO2. The van der Waals surface area contributed by atoms with Crippen LogP contribution in [-0.2, 0) is 4.74 Å². The number of hydrogen-bond donors (Lipinski definition) is 1. The second-order valence-electron chi connectivity index (χ2n) is 4.17. The average molecular weight is 218 g/mol. The van der Waals surface area contributed by atoms with Crippen molar-refractivity contribution in [2.75, 3.05) is 5.88 Å². The standard InChI is InChI=1S/C10H16ClNO2/c11-6-8-9(14-10(13)12-8)7-4-2-1-3-5-7/h7-9H,1-6H2,(H,12,13)/t8-,9+/m1/s1. The number of rotatable bonds is 2. The fourth-order valence-electron chi connectivity index (χ4n) is 2.49. The first kappa shape index (κ1) is 10.1. The largest absolute Gasteiger partial charge is 0.444 e. The maximum absolute atomic E-state index is 11.1. The third-order valence-electron chi connectivity index (χ3n) is 3.22. The van der Waals surface area contributed by atoms with Crippen LogP contribution in [0.3, 0.4) is 0 Å². The van der Waals surface area contributed by atoms with Gasteiger partial charge in [-0.3, -0.25) is 0 Å². The molecule has 80 valence electrons. The molecule has 0 radical (unpaired) electrons. The summed E-state index contributed by atoms with van der Waals surface area (Å²) in [4.78, 5) is 11.1. The number of carbonyl (C=O) groups excluding carboxylic acids is 1. The minimum Gasteiger partial charge on any atom is -0.444 e. The number of alkyl halides is 1. The van der Waals surface area contributed by atoms with Gasteiger partial charge in [-0.2, -0.15) is 0 Å². The van der Waals surface area contributed by atoms with Crippen LogP contribution in [0.25, 0.3) is 0 Å². The van der Waals surface area contributed by atoms with Crippen LogP contribution in [-0.4, -0.2) is 24.1 Å². The molecule has 4 heteroatoms. The molecule has 0 aromatic rings. The third-order valence-corrected chi connectivity index (χ3v) is 3.56. The van der Waals surface area contributed by atoms with Crippen molar-refractivity contribution in [3.05, 3.63) is 0 Å². The van der Waals surface area contributed by atoms with Gasteiger partial charge in [0.1, 0.15) is 6.10 Å². The number of nitrogens with one attached hydrogen (secondary N) is 1. The number of ether oxygens (including phenoxy) is 1. The molecule has 3 nitrogen and oxygen atoms in total. The first-order valence-corrected chi connectivity index (χ1v) is 5.88. The molecular weight excluding hydrogens is 202 g/mol. The van der Waals surface area contributed by atoms with Crippen LogP contribution in [0, 0.1) is 5.92 Å². The van der Waals surface area contributed by atoms with Gasteiger partial charge in [0, 0.05) is 5.88 Å². The van der Waals surface area contributed by atoms with Gasteiger partial charge >= 0.3 is 6.09 Å². The van der Waals surface area contributed by atoms with Crippen molar-refractivity contribution < 1.29 is 9.53 Å². The van der Waals surface area contributed by atoms with Crippen molar-refractivity contribution >= 4 is 17.7 Å². The lowest BCUT2D eigenvalue weighted by atomic mass is 9.83. The summed E-state index contributed by atoms with van der Waals surface area (Å²) in [6.07, 6.45) is 5.89. The lowest BCUT2D eigenvalue weighted by Crippen LogP contribution is -2.38. The van der Waals surface area contributed by atoms with E-state index >= 15 is 0 Å². The zero-order valence-corrected chi connectivity index (χ0v) is 8.93. The van der Waals surface area contributed by atoms with E-state index in [4.69, 9.17) is 16.3 Å². The average Bonchev–Trinajstić information content (AvgIpc) is 2.61. The first-order valence-electron chi connectivity index (χ1n) is 5.34. The Kier molecular flexibility index (Phi) is 3.16. The van der Waals surface area contributed by atoms with Crippen LogP contribution in [0.1, 0.15) is 32.1 Å². The Balaban J connectivity index is 1.97. The molecule has 2 fully saturated rings. The molecule has 0 aromatic heterocycles. The summed E-state index contributed by atoms with van der Waals surface area (Å²) in [5.41, 5.74) is 0. The van der Waals surface area contributed by atoms with E-state index in [9.17, 15) is 4.79 Å². The predicted molar refractivity (Wildman–Crippen MR) is 54.5 cm³/mol. The smallest absolute Gasteiger partial charge is 0.407 e. The normalized spacial score (nSPS) is 33.9. The van der Waals surface area contributed by atoms with Crippen molar-refractivity contribution in [3.63, 3.8) is 0 Å². The van der Waals surface area contributed by atoms with Crippen LogP contribution in [0.2, 0.25) is 0 Å². The van der Waals surface area contributed by atoms with Gasteiger partial charge < -0.3 is 10.1 Å². The lowest BCUT2D eigenvalue weighted by Gasteiger charge is -2.28. The highest BCUT2D eigenvalue weighted by molar-refractivity contribution is 6.18. The predicted octanol–water partition coefficient (Wildman–Crippen LogP) is 2.28. The molecule has 2 aliphatic rings. The Morgan fingerprint density at radius 3 is 2.71 bits per heavy atom. The summed E-state index contributed by atoms with van der Waals surface area (Å²) < 4.78 is 5.27. The van der Waals surface area contributed by atoms with Crippen LogP contribution in [0.5, 0.6) is 0 Å². The molecule has 2 rings (SSSR count). The van der Waals surface area contributed by atoms with Gasteiger partial charge in [-0.1, -0.05) is 19.3 Å². The molecule has 0 spiro atoms. The first-order chi connectivity index (χ1) is 6.81. The summed E-state index contributed by atoms with van der Waals surface area (Å²) in [7, 11) is 0. The highest BCUT2D eigenvalue weighted by Crippen LogP contribution is 2.31. The van der Waals surface area contributed by atoms with Crippen LogP contribution in [0.15, 0.2) is 0 Å². The molecule has 1 N–H and O–H groups in total. The quantitative estimate of drug-likeness (QED) is 0.721. The van der Waals surface area contributed by atoms with E-state index in [-0.39, 0.29) is 18.2 Å². The maximum Gasteiger partial charge on any atom is 0.407 e. The number of halogens is 1. The van der Waals surface area contributed by atoms with Crippen LogP contribution >= 0.6 is 11.6 Å². The molecule has 0 unspecified atom stereocenters. The summed E-state index contributed by atoms with van der Waals surface area (Å²) in [6, 6.07) is 0.0206. The number of amides is 1. The molecule has 1 aliphatic carbocycles. The molecule has 0 aromatic carbocycles. The Bertz CT molecular complexity index is 216. The Morgan fingerprint density at radius 2 is 2.07 bits per heavy atom. The van der Waals surface area contributed by atoms with E-state index in [1.54, 1.807) is 0 Å². The van der Waals surface area contributed by atoms with Crippen molar-refractivity contribution in [3.8, 4) is 0 Å². The van der Waals surface area contributed by atoms with Gasteiger partial charge in [0.25, 0.3) is 0 Å². The number of hydrogen-bond acceptors (Lipinski definition) is 2. The third kappa shape index (κ3) is 1.97. The molecule has 1 saturated carbocycles. The minimum absolute atomic E-state index is 0.0142. The second-order valence-corrected chi connectivity index (χ2v) is 4.48. The second kappa shape index (κ2) is 4.39. The van der Waals surface area contributed by atoms with Crippen molar-refractivity contribution in [1.82, 2.24) is 5.32 Å². The zero-order valence-electron chi connectivity index (χ0n) is 8.17. The number of carbonyl (C=O) groups is 1. The Hall–Kier alpha value is -0.440. The van der Waals surface area contributed by atoms with Gasteiger partial charge in [0.05, 0.1) is 6.04 Å². The van der Waals surface area contributed by atoms with Gasteiger partial charge in [-0.05, 0) is 18.8 Å². The minimum atomic E-state index is -0.300. The Morgan fingerprint density at radius 1 is 1.36 bits per heavy atom. The van der Waals surface area contributed by atoms with E-state index in [1.807, 2.05) is 0 Å². The summed E-state index contributed by atoms with van der Waals surface area (Å²) >= 11 is 5.79. The number of cyclic esters (lactones) is 1. The van der Waals surface area contributed by atoms with Crippen LogP contribution in [0.4, 0.5) is 4.79 Å². The zero-order chi connectivity index (χ0) is 9.97. The maximum atomic E-state index is 11.1. The summed E-state index contributed by atoms with van der Waals surface area (Å²) in [6.45, 7) is 0. The van der Waals surface area contributed by atoms with Gasteiger partial charge in [-0.25, -0.2) is 4.79 Å². The van der Waals surface area contributed by atoms with Gasteiger partial charge in [0.15, 0.2) is 0 Å². The molecule has 0 bridgehead atoms. The Labute approximate surface area is 89.1 Å². The van der Waals surface area contributed by atoms with Crippen molar-refractivity contribution in [2.24, 2.45) is 5.92 Å². The number of alkyl carbamates (subject to hydrolysis) is 1. The molecule has 14 heavy (non-hydrogen) atoms. The van der Waals surface area contributed by atoms with Crippen LogP contribution < -0.4 is 5.32 Å². The monoisotopic (exact) mass is 217 g/mol. The topological polar surface area (TPSA) is 38.3 Å². The molecule has 1 aliphatic heterocycles. The van der Waals surface area contributed by atoms with E-state index in [0.717, 1.165) is 0 Å². The highest BCUT2D eigenvalue weighted by atomic mass is 35.5. The van der Waals surface area contributed by atoms with Gasteiger partial charge in [-0.15, -0.1) is 11.6 Å².